The third-order valence-corrected chi connectivity index (χ3v) is 5.03. The number of carbonyl (C=O) groups excluding carboxylic acids is 1. The normalized spacial score (nSPS) is 16.5. The summed E-state index contributed by atoms with van der Waals surface area (Å²) < 4.78 is 0. The maximum absolute atomic E-state index is 12.0. The Labute approximate surface area is 184 Å². The number of halogens is 1. The summed E-state index contributed by atoms with van der Waals surface area (Å²) in [4.78, 5) is 20.3. The number of likely N-dealkylation sites (tertiary alicyclic amines) is 1. The van der Waals surface area contributed by atoms with Gasteiger partial charge in [0.2, 0.25) is 0 Å². The van der Waals surface area contributed by atoms with Gasteiger partial charge in [-0.15, -0.1) is 24.0 Å². The Balaban J connectivity index is 0.00000280. The molecule has 6 heteroatoms. The topological polar surface area (TPSA) is 47.9 Å². The summed E-state index contributed by atoms with van der Waals surface area (Å²) in [5.74, 6) is 1.51. The lowest BCUT2D eigenvalue weighted by Gasteiger charge is -2.22. The van der Waals surface area contributed by atoms with Crippen LogP contribution in [0.15, 0.2) is 59.6 Å². The lowest BCUT2D eigenvalue weighted by Crippen LogP contribution is -2.39. The van der Waals surface area contributed by atoms with Gasteiger partial charge in [0, 0.05) is 52.3 Å². The van der Waals surface area contributed by atoms with Crippen LogP contribution in [0.25, 0.3) is 0 Å². The van der Waals surface area contributed by atoms with E-state index in [1.807, 2.05) is 31.3 Å². The smallest absolute Gasteiger partial charge is 0.253 e. The molecule has 28 heavy (non-hydrogen) atoms. The fourth-order valence-electron chi connectivity index (χ4n) is 3.49. The minimum absolute atomic E-state index is 0. The maximum atomic E-state index is 12.0. The van der Waals surface area contributed by atoms with Crippen molar-refractivity contribution in [1.82, 2.24) is 15.1 Å². The molecule has 1 unspecified atom stereocenters. The second kappa shape index (κ2) is 10.5. The van der Waals surface area contributed by atoms with Gasteiger partial charge in [-0.25, -0.2) is 0 Å². The highest BCUT2D eigenvalue weighted by Gasteiger charge is 2.25. The van der Waals surface area contributed by atoms with Gasteiger partial charge in [0.1, 0.15) is 0 Å². The minimum atomic E-state index is 0. The summed E-state index contributed by atoms with van der Waals surface area (Å²) in [6.07, 6.45) is 1.14. The third-order valence-electron chi connectivity index (χ3n) is 5.03. The number of carbonyl (C=O) groups is 1. The van der Waals surface area contributed by atoms with Crippen LogP contribution in [-0.2, 0) is 6.54 Å². The molecule has 0 aliphatic carbocycles. The van der Waals surface area contributed by atoms with Crippen LogP contribution in [0.4, 0.5) is 0 Å². The molecule has 1 N–H and O–H groups in total. The zero-order chi connectivity index (χ0) is 19.2. The van der Waals surface area contributed by atoms with Crippen LogP contribution in [0.5, 0.6) is 0 Å². The molecule has 1 fully saturated rings. The number of nitrogens with one attached hydrogen (secondary N) is 1. The summed E-state index contributed by atoms with van der Waals surface area (Å²) in [5.41, 5.74) is 3.24. The molecule has 2 aromatic rings. The number of hydrogen-bond donors (Lipinski definition) is 1. The molecule has 2 aromatic carbocycles. The summed E-state index contributed by atoms with van der Waals surface area (Å²) >= 11 is 0. The van der Waals surface area contributed by atoms with Gasteiger partial charge < -0.3 is 15.1 Å². The average Bonchev–Trinajstić information content (AvgIpc) is 3.19. The lowest BCUT2D eigenvalue weighted by atomic mass is 9.99. The Kier molecular flexibility index (Phi) is 8.29. The third kappa shape index (κ3) is 5.47. The van der Waals surface area contributed by atoms with Crippen molar-refractivity contribution in [3.63, 3.8) is 0 Å². The summed E-state index contributed by atoms with van der Waals surface area (Å²) in [6.45, 7) is 2.69. The van der Waals surface area contributed by atoms with Crippen LogP contribution in [0, 0.1) is 0 Å². The molecule has 1 heterocycles. The van der Waals surface area contributed by atoms with Gasteiger partial charge in [0.15, 0.2) is 5.96 Å². The SMILES string of the molecule is CN=C(NCc1ccc(C(=O)N(C)C)cc1)N1CCC(c2ccccc2)C1.I. The van der Waals surface area contributed by atoms with Crippen molar-refractivity contribution in [3.05, 3.63) is 71.3 Å². The van der Waals surface area contributed by atoms with Gasteiger partial charge >= 0.3 is 0 Å². The molecule has 150 valence electrons. The van der Waals surface area contributed by atoms with Gasteiger partial charge in [-0.05, 0) is 29.7 Å². The van der Waals surface area contributed by atoms with E-state index in [1.165, 1.54) is 5.56 Å². The van der Waals surface area contributed by atoms with Crippen LogP contribution in [0.3, 0.4) is 0 Å². The van der Waals surface area contributed by atoms with Gasteiger partial charge in [-0.2, -0.15) is 0 Å². The number of guanidine groups is 1. The molecular formula is C22H29IN4O. The summed E-state index contributed by atoms with van der Waals surface area (Å²) in [7, 11) is 5.36. The summed E-state index contributed by atoms with van der Waals surface area (Å²) in [5, 5.41) is 3.45. The Bertz CT molecular complexity index is 790. The standard InChI is InChI=1S/C22H28N4O.HI/c1-23-22(26-14-13-20(16-26)18-7-5-4-6-8-18)24-15-17-9-11-19(12-10-17)21(27)25(2)3;/h4-12,20H,13-16H2,1-3H3,(H,23,24);1H. The molecule has 1 saturated heterocycles. The molecule has 1 atom stereocenters. The largest absolute Gasteiger partial charge is 0.352 e. The number of rotatable bonds is 4. The Hall–Kier alpha value is -2.09. The minimum Gasteiger partial charge on any atom is -0.352 e. The molecule has 1 amide bonds. The van der Waals surface area contributed by atoms with Gasteiger partial charge in [0.25, 0.3) is 5.91 Å². The maximum Gasteiger partial charge on any atom is 0.253 e. The first kappa shape index (κ1) is 22.2. The second-order valence-electron chi connectivity index (χ2n) is 7.14. The average molecular weight is 492 g/mol. The van der Waals surface area contributed by atoms with Crippen LogP contribution in [0.1, 0.15) is 33.8 Å². The van der Waals surface area contributed by atoms with Crippen molar-refractivity contribution in [1.29, 1.82) is 0 Å². The molecule has 5 nitrogen and oxygen atoms in total. The first-order chi connectivity index (χ1) is 13.1. The molecule has 0 saturated carbocycles. The monoisotopic (exact) mass is 492 g/mol. The van der Waals surface area contributed by atoms with E-state index in [-0.39, 0.29) is 29.9 Å². The molecule has 0 aromatic heterocycles. The van der Waals surface area contributed by atoms with Crippen LogP contribution in [-0.4, -0.2) is 55.9 Å². The number of amides is 1. The lowest BCUT2D eigenvalue weighted by molar-refractivity contribution is 0.0827. The van der Waals surface area contributed by atoms with Gasteiger partial charge in [0.05, 0.1) is 0 Å². The highest BCUT2D eigenvalue weighted by molar-refractivity contribution is 14.0. The highest BCUT2D eigenvalue weighted by Crippen LogP contribution is 2.26. The Morgan fingerprint density at radius 2 is 1.82 bits per heavy atom. The molecule has 0 bridgehead atoms. The van der Waals surface area contributed by atoms with Gasteiger partial charge in [-0.1, -0.05) is 42.5 Å². The van der Waals surface area contributed by atoms with E-state index in [0.717, 1.165) is 31.0 Å². The quantitative estimate of drug-likeness (QED) is 0.404. The van der Waals surface area contributed by atoms with Crippen LogP contribution in [0.2, 0.25) is 0 Å². The molecule has 0 spiro atoms. The van der Waals surface area contributed by atoms with E-state index < -0.39 is 0 Å². The van der Waals surface area contributed by atoms with Crippen molar-refractivity contribution in [2.24, 2.45) is 4.99 Å². The van der Waals surface area contributed by atoms with E-state index >= 15 is 0 Å². The Morgan fingerprint density at radius 1 is 1.14 bits per heavy atom. The predicted molar refractivity (Wildman–Crippen MR) is 125 cm³/mol. The second-order valence-corrected chi connectivity index (χ2v) is 7.14. The number of aliphatic imine (C=N–C) groups is 1. The van der Waals surface area contributed by atoms with E-state index in [0.29, 0.717) is 18.0 Å². The molecule has 0 radical (unpaired) electrons. The van der Waals surface area contributed by atoms with E-state index in [1.54, 1.807) is 19.0 Å². The van der Waals surface area contributed by atoms with Crippen LogP contribution >= 0.6 is 24.0 Å². The zero-order valence-corrected chi connectivity index (χ0v) is 19.1. The highest BCUT2D eigenvalue weighted by atomic mass is 127. The fourth-order valence-corrected chi connectivity index (χ4v) is 3.49. The van der Waals surface area contributed by atoms with Crippen molar-refractivity contribution >= 4 is 35.8 Å². The predicted octanol–water partition coefficient (Wildman–Crippen LogP) is 3.57. The van der Waals surface area contributed by atoms with Crippen molar-refractivity contribution in [3.8, 4) is 0 Å². The van der Waals surface area contributed by atoms with Crippen molar-refractivity contribution in [2.75, 3.05) is 34.2 Å². The van der Waals surface area contributed by atoms with Crippen molar-refractivity contribution < 1.29 is 4.79 Å². The number of hydrogen-bond acceptors (Lipinski definition) is 2. The number of benzene rings is 2. The molecular weight excluding hydrogens is 463 g/mol. The Morgan fingerprint density at radius 3 is 2.43 bits per heavy atom. The van der Waals surface area contributed by atoms with Crippen molar-refractivity contribution in [2.45, 2.75) is 18.9 Å². The molecule has 1 aliphatic rings. The van der Waals surface area contributed by atoms with Crippen LogP contribution < -0.4 is 5.32 Å². The van der Waals surface area contributed by atoms with Gasteiger partial charge in [-0.3, -0.25) is 9.79 Å². The fraction of sp³-hybridized carbons (Fsp3) is 0.364. The zero-order valence-electron chi connectivity index (χ0n) is 16.8. The first-order valence-corrected chi connectivity index (χ1v) is 9.39. The summed E-state index contributed by atoms with van der Waals surface area (Å²) in [6, 6.07) is 18.4. The van der Waals surface area contributed by atoms with E-state index in [9.17, 15) is 4.79 Å². The van der Waals surface area contributed by atoms with E-state index in [2.05, 4.69) is 45.5 Å². The molecule has 1 aliphatic heterocycles. The molecule has 3 rings (SSSR count). The first-order valence-electron chi connectivity index (χ1n) is 9.39. The van der Waals surface area contributed by atoms with E-state index in [4.69, 9.17) is 0 Å². The number of nitrogens with zero attached hydrogens (tertiary/aromatic N) is 3.